The Kier molecular flexibility index (Phi) is 5.25. The summed E-state index contributed by atoms with van der Waals surface area (Å²) in [6, 6.07) is 5.82. The predicted octanol–water partition coefficient (Wildman–Crippen LogP) is 2.83. The summed E-state index contributed by atoms with van der Waals surface area (Å²) in [6.07, 6.45) is 5.37. The van der Waals surface area contributed by atoms with Crippen LogP contribution in [0.25, 0.3) is 11.3 Å². The van der Waals surface area contributed by atoms with Gasteiger partial charge in [-0.15, -0.1) is 0 Å². The monoisotopic (exact) mass is 332 g/mol. The van der Waals surface area contributed by atoms with Crippen LogP contribution in [0.15, 0.2) is 34.9 Å². The molecule has 1 saturated carbocycles. The van der Waals surface area contributed by atoms with Gasteiger partial charge >= 0.3 is 0 Å². The smallest absolute Gasteiger partial charge is 0.220 e. The highest BCUT2D eigenvalue weighted by Crippen LogP contribution is 2.21. The normalized spacial score (nSPS) is 20.8. The summed E-state index contributed by atoms with van der Waals surface area (Å²) in [5.41, 5.74) is 0.741. The lowest BCUT2D eigenvalue weighted by Gasteiger charge is -2.28. The minimum absolute atomic E-state index is 0.109. The molecule has 2 atom stereocenters. The van der Waals surface area contributed by atoms with Gasteiger partial charge in [0.05, 0.1) is 18.3 Å². The number of oxazole rings is 1. The fraction of sp³-hybridized carbons (Fsp3) is 0.444. The Morgan fingerprint density at radius 1 is 1.29 bits per heavy atom. The lowest BCUT2D eigenvalue weighted by atomic mass is 9.92. The van der Waals surface area contributed by atoms with Crippen molar-refractivity contribution in [1.29, 1.82) is 0 Å². The second kappa shape index (κ2) is 7.57. The standard InChI is InChI=1S/C18H21FN2O3/c19-13-7-5-12(6-8-13)16-11-20-18(24-16)10-9-17(23)21-14-3-1-2-4-15(14)22/h5-8,11,14-15,22H,1-4,9-10H2,(H,21,23). The van der Waals surface area contributed by atoms with Crippen LogP contribution in [0.1, 0.15) is 38.0 Å². The first-order valence-corrected chi connectivity index (χ1v) is 8.30. The van der Waals surface area contributed by atoms with Crippen LogP contribution in [-0.4, -0.2) is 28.1 Å². The molecule has 1 aromatic carbocycles. The zero-order chi connectivity index (χ0) is 16.9. The number of hydrogen-bond acceptors (Lipinski definition) is 4. The third-order valence-electron chi connectivity index (χ3n) is 4.32. The van der Waals surface area contributed by atoms with Crippen LogP contribution in [-0.2, 0) is 11.2 Å². The van der Waals surface area contributed by atoms with Crippen LogP contribution in [0.4, 0.5) is 4.39 Å². The molecule has 1 fully saturated rings. The van der Waals surface area contributed by atoms with Gasteiger partial charge < -0.3 is 14.8 Å². The minimum atomic E-state index is -0.450. The lowest BCUT2D eigenvalue weighted by molar-refractivity contribution is -0.123. The first-order valence-electron chi connectivity index (χ1n) is 8.30. The van der Waals surface area contributed by atoms with Crippen LogP contribution in [0, 0.1) is 5.82 Å². The molecule has 5 nitrogen and oxygen atoms in total. The van der Waals surface area contributed by atoms with Crippen molar-refractivity contribution in [3.8, 4) is 11.3 Å². The van der Waals surface area contributed by atoms with E-state index in [0.717, 1.165) is 31.2 Å². The first-order chi connectivity index (χ1) is 11.6. The van der Waals surface area contributed by atoms with E-state index < -0.39 is 6.10 Å². The van der Waals surface area contributed by atoms with E-state index in [2.05, 4.69) is 10.3 Å². The molecule has 1 amide bonds. The van der Waals surface area contributed by atoms with Gasteiger partial charge in [0.25, 0.3) is 0 Å². The molecule has 0 radical (unpaired) electrons. The van der Waals surface area contributed by atoms with Gasteiger partial charge in [0, 0.05) is 18.4 Å². The number of halogens is 1. The van der Waals surface area contributed by atoms with Crippen molar-refractivity contribution in [2.75, 3.05) is 0 Å². The van der Waals surface area contributed by atoms with Gasteiger partial charge in [0.1, 0.15) is 5.82 Å². The summed E-state index contributed by atoms with van der Waals surface area (Å²) >= 11 is 0. The minimum Gasteiger partial charge on any atom is -0.441 e. The Bertz CT molecular complexity index is 684. The van der Waals surface area contributed by atoms with Crippen molar-refractivity contribution < 1.29 is 18.7 Å². The molecule has 2 aromatic rings. The number of carbonyl (C=O) groups is 1. The van der Waals surface area contributed by atoms with Crippen LogP contribution < -0.4 is 5.32 Å². The summed E-state index contributed by atoms with van der Waals surface area (Å²) in [5.74, 6) is 0.601. The highest BCUT2D eigenvalue weighted by atomic mass is 19.1. The Balaban J connectivity index is 1.51. The molecule has 0 saturated heterocycles. The number of aliphatic hydroxyl groups excluding tert-OH is 1. The number of benzene rings is 1. The molecular formula is C18H21FN2O3. The third-order valence-corrected chi connectivity index (χ3v) is 4.32. The number of carbonyl (C=O) groups excluding carboxylic acids is 1. The summed E-state index contributed by atoms with van der Waals surface area (Å²) < 4.78 is 18.5. The van der Waals surface area contributed by atoms with Crippen LogP contribution in [0.2, 0.25) is 0 Å². The number of aryl methyl sites for hydroxylation is 1. The van der Waals surface area contributed by atoms with E-state index in [4.69, 9.17) is 4.42 Å². The topological polar surface area (TPSA) is 75.4 Å². The van der Waals surface area contributed by atoms with Gasteiger partial charge in [-0.05, 0) is 37.1 Å². The third kappa shape index (κ3) is 4.20. The van der Waals surface area contributed by atoms with Gasteiger partial charge in [0.15, 0.2) is 11.7 Å². The summed E-state index contributed by atoms with van der Waals surface area (Å²) in [6.45, 7) is 0. The largest absolute Gasteiger partial charge is 0.441 e. The van der Waals surface area contributed by atoms with Crippen molar-refractivity contribution in [2.24, 2.45) is 0 Å². The van der Waals surface area contributed by atoms with Gasteiger partial charge in [-0.3, -0.25) is 4.79 Å². The number of aliphatic hydroxyl groups is 1. The van der Waals surface area contributed by atoms with Gasteiger partial charge in [-0.25, -0.2) is 9.37 Å². The molecule has 2 unspecified atom stereocenters. The molecule has 6 heteroatoms. The second-order valence-corrected chi connectivity index (χ2v) is 6.15. The van der Waals surface area contributed by atoms with Crippen molar-refractivity contribution in [2.45, 2.75) is 50.7 Å². The number of aromatic nitrogens is 1. The van der Waals surface area contributed by atoms with E-state index in [-0.39, 0.29) is 24.2 Å². The van der Waals surface area contributed by atoms with Gasteiger partial charge in [-0.1, -0.05) is 12.8 Å². The van der Waals surface area contributed by atoms with Crippen molar-refractivity contribution in [1.82, 2.24) is 10.3 Å². The van der Waals surface area contributed by atoms with E-state index in [9.17, 15) is 14.3 Å². The van der Waals surface area contributed by atoms with Crippen LogP contribution >= 0.6 is 0 Å². The molecule has 1 heterocycles. The quantitative estimate of drug-likeness (QED) is 0.883. The second-order valence-electron chi connectivity index (χ2n) is 6.15. The van der Waals surface area contributed by atoms with Crippen LogP contribution in [0.3, 0.4) is 0 Å². The van der Waals surface area contributed by atoms with E-state index in [0.29, 0.717) is 18.1 Å². The van der Waals surface area contributed by atoms with Gasteiger partial charge in [0.2, 0.25) is 5.91 Å². The summed E-state index contributed by atoms with van der Waals surface area (Å²) in [4.78, 5) is 16.2. The Morgan fingerprint density at radius 2 is 2.04 bits per heavy atom. The number of nitrogens with one attached hydrogen (secondary N) is 1. The average Bonchev–Trinajstić information content (AvgIpc) is 3.05. The molecule has 1 aromatic heterocycles. The highest BCUT2D eigenvalue weighted by Gasteiger charge is 2.24. The zero-order valence-corrected chi connectivity index (χ0v) is 13.4. The Labute approximate surface area is 139 Å². The molecular weight excluding hydrogens is 311 g/mol. The fourth-order valence-electron chi connectivity index (χ4n) is 2.95. The maximum atomic E-state index is 12.9. The van der Waals surface area contributed by atoms with Crippen LogP contribution in [0.5, 0.6) is 0 Å². The maximum Gasteiger partial charge on any atom is 0.220 e. The molecule has 3 rings (SSSR count). The molecule has 128 valence electrons. The van der Waals surface area contributed by atoms with Crippen molar-refractivity contribution in [3.05, 3.63) is 42.2 Å². The summed E-state index contributed by atoms with van der Waals surface area (Å²) in [7, 11) is 0. The molecule has 0 bridgehead atoms. The molecule has 24 heavy (non-hydrogen) atoms. The zero-order valence-electron chi connectivity index (χ0n) is 13.4. The number of rotatable bonds is 5. The van der Waals surface area contributed by atoms with E-state index in [1.807, 2.05) is 0 Å². The van der Waals surface area contributed by atoms with E-state index in [1.54, 1.807) is 18.3 Å². The van der Waals surface area contributed by atoms with Crippen molar-refractivity contribution >= 4 is 5.91 Å². The number of nitrogens with zero attached hydrogens (tertiary/aromatic N) is 1. The molecule has 0 spiro atoms. The van der Waals surface area contributed by atoms with Crippen molar-refractivity contribution in [3.63, 3.8) is 0 Å². The first kappa shape index (κ1) is 16.6. The lowest BCUT2D eigenvalue weighted by Crippen LogP contribution is -2.45. The maximum absolute atomic E-state index is 12.9. The predicted molar refractivity (Wildman–Crippen MR) is 86.6 cm³/mol. The SMILES string of the molecule is O=C(CCc1ncc(-c2ccc(F)cc2)o1)NC1CCCCC1O. The number of amides is 1. The number of hydrogen-bond donors (Lipinski definition) is 2. The van der Waals surface area contributed by atoms with E-state index >= 15 is 0 Å². The average molecular weight is 332 g/mol. The van der Waals surface area contributed by atoms with Gasteiger partial charge in [-0.2, -0.15) is 0 Å². The molecule has 0 aliphatic heterocycles. The Morgan fingerprint density at radius 3 is 2.79 bits per heavy atom. The summed E-state index contributed by atoms with van der Waals surface area (Å²) in [5, 5.41) is 12.8. The van der Waals surface area contributed by atoms with E-state index in [1.165, 1.54) is 12.1 Å². The molecule has 1 aliphatic rings. The fourth-order valence-corrected chi connectivity index (χ4v) is 2.95. The highest BCUT2D eigenvalue weighted by molar-refractivity contribution is 5.76. The molecule has 2 N–H and O–H groups in total. The Hall–Kier alpha value is -2.21. The molecule has 1 aliphatic carbocycles.